The molecule has 1 heterocycles. The predicted octanol–water partition coefficient (Wildman–Crippen LogP) is 1.55. The molecule has 28 heavy (non-hydrogen) atoms. The van der Waals surface area contributed by atoms with E-state index in [4.69, 9.17) is 10.5 Å². The second-order valence-electron chi connectivity index (χ2n) is 6.72. The van der Waals surface area contributed by atoms with Crippen LogP contribution in [0, 0.1) is 0 Å². The smallest absolute Gasteiger partial charge is 0.253 e. The lowest BCUT2D eigenvalue weighted by Crippen LogP contribution is -2.50. The molecule has 3 N–H and O–H groups in total. The van der Waals surface area contributed by atoms with Crippen molar-refractivity contribution >= 4 is 17.5 Å². The van der Waals surface area contributed by atoms with Crippen molar-refractivity contribution in [3.05, 3.63) is 59.7 Å². The lowest BCUT2D eigenvalue weighted by atomic mass is 10.1. The molecule has 2 aromatic carbocycles. The summed E-state index contributed by atoms with van der Waals surface area (Å²) >= 11 is 0. The van der Waals surface area contributed by atoms with Crippen molar-refractivity contribution in [2.75, 3.05) is 45.2 Å². The molecule has 0 bridgehead atoms. The number of carbonyl (C=O) groups is 2. The standard InChI is InChI=1S/C21H26N4O3/c1-28-19-5-3-2-4-18(19)23-20(26)15-24-10-12-25(13-11-24)21(27)17-8-6-16(14-22)7-9-17/h2-9H,10-15,22H2,1H3,(H,23,26). The molecule has 0 unspecified atom stereocenters. The highest BCUT2D eigenvalue weighted by atomic mass is 16.5. The fourth-order valence-electron chi connectivity index (χ4n) is 3.22. The highest BCUT2D eigenvalue weighted by molar-refractivity contribution is 5.95. The SMILES string of the molecule is COc1ccccc1NC(=O)CN1CCN(C(=O)c2ccc(CN)cc2)CC1. The van der Waals surface area contributed by atoms with Crippen molar-refractivity contribution in [2.24, 2.45) is 5.73 Å². The van der Waals surface area contributed by atoms with Crippen LogP contribution in [-0.4, -0.2) is 61.4 Å². The molecular weight excluding hydrogens is 356 g/mol. The molecule has 0 atom stereocenters. The lowest BCUT2D eigenvalue weighted by molar-refractivity contribution is -0.117. The molecule has 0 saturated carbocycles. The van der Waals surface area contributed by atoms with Crippen molar-refractivity contribution in [3.63, 3.8) is 0 Å². The number of methoxy groups -OCH3 is 1. The maximum Gasteiger partial charge on any atom is 0.253 e. The normalized spacial score (nSPS) is 14.6. The van der Waals surface area contributed by atoms with Crippen LogP contribution in [0.5, 0.6) is 5.75 Å². The molecule has 1 fully saturated rings. The number of rotatable bonds is 6. The van der Waals surface area contributed by atoms with Crippen LogP contribution in [0.3, 0.4) is 0 Å². The van der Waals surface area contributed by atoms with Gasteiger partial charge < -0.3 is 20.7 Å². The molecule has 2 aromatic rings. The van der Waals surface area contributed by atoms with Gasteiger partial charge in [0, 0.05) is 38.3 Å². The molecule has 7 heteroatoms. The van der Waals surface area contributed by atoms with E-state index < -0.39 is 0 Å². The molecule has 0 aromatic heterocycles. The average Bonchev–Trinajstić information content (AvgIpc) is 2.74. The number of hydrogen-bond donors (Lipinski definition) is 2. The van der Waals surface area contributed by atoms with Gasteiger partial charge in [0.05, 0.1) is 19.3 Å². The Labute approximate surface area is 165 Å². The Bertz CT molecular complexity index is 815. The Morgan fingerprint density at radius 3 is 2.36 bits per heavy atom. The van der Waals surface area contributed by atoms with Gasteiger partial charge >= 0.3 is 0 Å². The number of nitrogens with one attached hydrogen (secondary N) is 1. The molecule has 148 valence electrons. The lowest BCUT2D eigenvalue weighted by Gasteiger charge is -2.34. The zero-order valence-electron chi connectivity index (χ0n) is 16.1. The second-order valence-corrected chi connectivity index (χ2v) is 6.72. The zero-order valence-corrected chi connectivity index (χ0v) is 16.1. The molecule has 1 aliphatic rings. The quantitative estimate of drug-likeness (QED) is 0.791. The Balaban J connectivity index is 1.49. The number of ether oxygens (including phenoxy) is 1. The zero-order chi connectivity index (χ0) is 19.9. The summed E-state index contributed by atoms with van der Waals surface area (Å²) in [4.78, 5) is 28.8. The Hall–Kier alpha value is -2.90. The Morgan fingerprint density at radius 1 is 1.04 bits per heavy atom. The van der Waals surface area contributed by atoms with Gasteiger partial charge in [0.2, 0.25) is 5.91 Å². The number of nitrogens with zero attached hydrogens (tertiary/aromatic N) is 2. The van der Waals surface area contributed by atoms with Crippen LogP contribution in [-0.2, 0) is 11.3 Å². The molecule has 0 radical (unpaired) electrons. The van der Waals surface area contributed by atoms with E-state index in [0.717, 1.165) is 5.56 Å². The molecule has 1 aliphatic heterocycles. The van der Waals surface area contributed by atoms with Crippen molar-refractivity contribution in [1.82, 2.24) is 9.80 Å². The van der Waals surface area contributed by atoms with Crippen molar-refractivity contribution < 1.29 is 14.3 Å². The summed E-state index contributed by atoms with van der Waals surface area (Å²) in [7, 11) is 1.57. The van der Waals surface area contributed by atoms with Crippen molar-refractivity contribution in [1.29, 1.82) is 0 Å². The van der Waals surface area contributed by atoms with E-state index in [1.165, 1.54) is 0 Å². The van der Waals surface area contributed by atoms with E-state index in [2.05, 4.69) is 5.32 Å². The van der Waals surface area contributed by atoms with E-state index in [9.17, 15) is 9.59 Å². The van der Waals surface area contributed by atoms with Crippen LogP contribution >= 0.6 is 0 Å². The summed E-state index contributed by atoms with van der Waals surface area (Å²) in [5.74, 6) is 0.551. The van der Waals surface area contributed by atoms with Gasteiger partial charge in [-0.2, -0.15) is 0 Å². The fraction of sp³-hybridized carbons (Fsp3) is 0.333. The fourth-order valence-corrected chi connectivity index (χ4v) is 3.22. The van der Waals surface area contributed by atoms with Gasteiger partial charge in [-0.25, -0.2) is 0 Å². The summed E-state index contributed by atoms with van der Waals surface area (Å²) in [6.07, 6.45) is 0. The van der Waals surface area contributed by atoms with E-state index in [1.807, 2.05) is 52.3 Å². The number of carbonyl (C=O) groups excluding carboxylic acids is 2. The van der Waals surface area contributed by atoms with Gasteiger partial charge in [-0.15, -0.1) is 0 Å². The predicted molar refractivity (Wildman–Crippen MR) is 108 cm³/mol. The van der Waals surface area contributed by atoms with E-state index >= 15 is 0 Å². The summed E-state index contributed by atoms with van der Waals surface area (Å²) < 4.78 is 5.25. The number of anilines is 1. The molecule has 0 aliphatic carbocycles. The number of amides is 2. The van der Waals surface area contributed by atoms with Gasteiger partial charge in [-0.05, 0) is 29.8 Å². The minimum atomic E-state index is -0.0957. The first-order valence-electron chi connectivity index (χ1n) is 9.34. The van der Waals surface area contributed by atoms with Crippen molar-refractivity contribution in [3.8, 4) is 5.75 Å². The van der Waals surface area contributed by atoms with E-state index in [0.29, 0.717) is 49.7 Å². The minimum Gasteiger partial charge on any atom is -0.495 e. The summed E-state index contributed by atoms with van der Waals surface area (Å²) in [5.41, 5.74) is 7.92. The highest BCUT2D eigenvalue weighted by Gasteiger charge is 2.23. The van der Waals surface area contributed by atoms with Crippen molar-refractivity contribution in [2.45, 2.75) is 6.54 Å². The maximum absolute atomic E-state index is 12.6. The first kappa shape index (κ1) is 19.9. The summed E-state index contributed by atoms with van der Waals surface area (Å²) in [6, 6.07) is 14.7. The third kappa shape index (κ3) is 4.88. The largest absolute Gasteiger partial charge is 0.495 e. The average molecular weight is 382 g/mol. The molecule has 0 spiro atoms. The Morgan fingerprint density at radius 2 is 1.71 bits per heavy atom. The third-order valence-electron chi connectivity index (χ3n) is 4.84. The molecular formula is C21H26N4O3. The van der Waals surface area contributed by atoms with Crippen LogP contribution in [0.1, 0.15) is 15.9 Å². The van der Waals surface area contributed by atoms with Gasteiger partial charge in [-0.3, -0.25) is 14.5 Å². The first-order valence-corrected chi connectivity index (χ1v) is 9.34. The van der Waals surface area contributed by atoms with E-state index in [-0.39, 0.29) is 18.4 Å². The number of piperazine rings is 1. The molecule has 2 amide bonds. The summed E-state index contributed by atoms with van der Waals surface area (Å²) in [5, 5.41) is 2.88. The number of benzene rings is 2. The maximum atomic E-state index is 12.6. The van der Waals surface area contributed by atoms with Gasteiger partial charge in [0.25, 0.3) is 5.91 Å². The van der Waals surface area contributed by atoms with Crippen LogP contribution < -0.4 is 15.8 Å². The van der Waals surface area contributed by atoms with E-state index in [1.54, 1.807) is 13.2 Å². The minimum absolute atomic E-state index is 0.0155. The Kier molecular flexibility index (Phi) is 6.62. The second kappa shape index (κ2) is 9.34. The molecule has 7 nitrogen and oxygen atoms in total. The highest BCUT2D eigenvalue weighted by Crippen LogP contribution is 2.22. The van der Waals surface area contributed by atoms with Gasteiger partial charge in [-0.1, -0.05) is 24.3 Å². The number of hydrogen-bond acceptors (Lipinski definition) is 5. The molecule has 1 saturated heterocycles. The third-order valence-corrected chi connectivity index (χ3v) is 4.84. The number of para-hydroxylation sites is 2. The monoisotopic (exact) mass is 382 g/mol. The first-order chi connectivity index (χ1) is 13.6. The van der Waals surface area contributed by atoms with Gasteiger partial charge in [0.15, 0.2) is 0 Å². The van der Waals surface area contributed by atoms with Crippen LogP contribution in [0.15, 0.2) is 48.5 Å². The molecule has 3 rings (SSSR count). The topological polar surface area (TPSA) is 87.9 Å². The van der Waals surface area contributed by atoms with Gasteiger partial charge in [0.1, 0.15) is 5.75 Å². The van der Waals surface area contributed by atoms with Crippen LogP contribution in [0.4, 0.5) is 5.69 Å². The van der Waals surface area contributed by atoms with Crippen LogP contribution in [0.2, 0.25) is 0 Å². The number of nitrogens with two attached hydrogens (primary N) is 1. The summed E-state index contributed by atoms with van der Waals surface area (Å²) in [6.45, 7) is 3.26. The van der Waals surface area contributed by atoms with Crippen LogP contribution in [0.25, 0.3) is 0 Å².